The van der Waals surface area contributed by atoms with Gasteiger partial charge in [0.1, 0.15) is 5.60 Å². The third-order valence-corrected chi connectivity index (χ3v) is 3.78. The zero-order chi connectivity index (χ0) is 13.6. The third kappa shape index (κ3) is 2.28. The van der Waals surface area contributed by atoms with Crippen molar-refractivity contribution < 1.29 is 19.4 Å². The van der Waals surface area contributed by atoms with Gasteiger partial charge in [0.15, 0.2) is 0 Å². The van der Waals surface area contributed by atoms with E-state index in [0.717, 1.165) is 6.42 Å². The molecule has 3 unspecified atom stereocenters. The normalized spacial score (nSPS) is 33.7. The number of aliphatic carboxylic acids is 1. The Bertz CT molecular complexity index is 405. The smallest absolute Gasteiger partial charge is 0.313 e. The number of carboxylic acid groups (broad SMARTS) is 1. The second kappa shape index (κ2) is 4.11. The van der Waals surface area contributed by atoms with E-state index in [2.05, 4.69) is 6.08 Å². The molecule has 2 rings (SSSR count). The van der Waals surface area contributed by atoms with Gasteiger partial charge in [-0.2, -0.15) is 0 Å². The van der Waals surface area contributed by atoms with Crippen LogP contribution < -0.4 is 0 Å². The monoisotopic (exact) mass is 252 g/mol. The molecular formula is C14H20O4. The predicted molar refractivity (Wildman–Crippen MR) is 65.9 cm³/mol. The van der Waals surface area contributed by atoms with Crippen LogP contribution >= 0.6 is 0 Å². The molecule has 4 heteroatoms. The number of rotatable bonds is 3. The summed E-state index contributed by atoms with van der Waals surface area (Å²) in [5.41, 5.74) is -1.42. The van der Waals surface area contributed by atoms with Crippen LogP contribution in [0.3, 0.4) is 0 Å². The summed E-state index contributed by atoms with van der Waals surface area (Å²) < 4.78 is 5.44. The largest absolute Gasteiger partial charge is 0.481 e. The first-order valence-corrected chi connectivity index (χ1v) is 6.36. The van der Waals surface area contributed by atoms with E-state index in [1.807, 2.05) is 26.8 Å². The number of carbonyl (C=O) groups is 2. The maximum absolute atomic E-state index is 12.4. The number of hydrogen-bond acceptors (Lipinski definition) is 3. The molecule has 0 aromatic rings. The van der Waals surface area contributed by atoms with E-state index in [4.69, 9.17) is 9.84 Å². The molecule has 100 valence electrons. The van der Waals surface area contributed by atoms with Gasteiger partial charge in [0, 0.05) is 0 Å². The van der Waals surface area contributed by atoms with E-state index < -0.39 is 17.0 Å². The Morgan fingerprint density at radius 1 is 1.39 bits per heavy atom. The van der Waals surface area contributed by atoms with Crippen molar-refractivity contribution in [1.82, 2.24) is 0 Å². The fourth-order valence-electron chi connectivity index (χ4n) is 3.11. The molecule has 0 aliphatic heterocycles. The summed E-state index contributed by atoms with van der Waals surface area (Å²) in [5, 5.41) is 9.08. The summed E-state index contributed by atoms with van der Waals surface area (Å²) >= 11 is 0. The second-order valence-electron chi connectivity index (χ2n) is 6.42. The van der Waals surface area contributed by atoms with Gasteiger partial charge in [-0.25, -0.2) is 0 Å². The van der Waals surface area contributed by atoms with Crippen LogP contribution in [0.4, 0.5) is 0 Å². The Labute approximate surface area is 107 Å². The first-order chi connectivity index (χ1) is 8.23. The molecule has 2 bridgehead atoms. The lowest BCUT2D eigenvalue weighted by atomic mass is 9.73. The zero-order valence-electron chi connectivity index (χ0n) is 11.1. The Balaban J connectivity index is 2.24. The number of ether oxygens (including phenoxy) is 1. The lowest BCUT2D eigenvalue weighted by Crippen LogP contribution is -2.42. The number of allylic oxidation sites excluding steroid dienone is 2. The highest BCUT2D eigenvalue weighted by molar-refractivity contribution is 5.84. The first kappa shape index (κ1) is 13.1. The molecule has 0 aromatic heterocycles. The molecule has 0 heterocycles. The van der Waals surface area contributed by atoms with E-state index in [-0.39, 0.29) is 18.3 Å². The van der Waals surface area contributed by atoms with E-state index in [0.29, 0.717) is 12.3 Å². The van der Waals surface area contributed by atoms with Gasteiger partial charge in [0.05, 0.1) is 11.8 Å². The van der Waals surface area contributed by atoms with Crippen LogP contribution in [0.5, 0.6) is 0 Å². The Hall–Kier alpha value is -1.32. The molecule has 2 aliphatic carbocycles. The number of carboxylic acids is 1. The zero-order valence-corrected chi connectivity index (χ0v) is 11.1. The van der Waals surface area contributed by atoms with Gasteiger partial charge < -0.3 is 9.84 Å². The van der Waals surface area contributed by atoms with Crippen molar-refractivity contribution >= 4 is 11.9 Å². The molecule has 1 N–H and O–H groups in total. The van der Waals surface area contributed by atoms with Crippen molar-refractivity contribution in [3.63, 3.8) is 0 Å². The van der Waals surface area contributed by atoms with Crippen LogP contribution in [-0.2, 0) is 14.3 Å². The Morgan fingerprint density at radius 2 is 2.06 bits per heavy atom. The van der Waals surface area contributed by atoms with E-state index in [9.17, 15) is 9.59 Å². The molecule has 0 radical (unpaired) electrons. The Kier molecular flexibility index (Phi) is 2.99. The third-order valence-electron chi connectivity index (χ3n) is 3.78. The van der Waals surface area contributed by atoms with Crippen molar-refractivity contribution in [3.8, 4) is 0 Å². The topological polar surface area (TPSA) is 63.6 Å². The van der Waals surface area contributed by atoms with Gasteiger partial charge >= 0.3 is 11.9 Å². The van der Waals surface area contributed by atoms with Crippen LogP contribution in [0.25, 0.3) is 0 Å². The maximum atomic E-state index is 12.4. The van der Waals surface area contributed by atoms with Crippen molar-refractivity contribution in [2.45, 2.75) is 45.6 Å². The minimum Gasteiger partial charge on any atom is -0.481 e. The SMILES string of the molecule is CC(C)(C)OC(=O)C1(CC(=O)O)CC2C=CC1C2. The highest BCUT2D eigenvalue weighted by Crippen LogP contribution is 2.55. The average molecular weight is 252 g/mol. The fourth-order valence-corrected chi connectivity index (χ4v) is 3.11. The molecule has 1 fully saturated rings. The summed E-state index contributed by atoms with van der Waals surface area (Å²) in [4.78, 5) is 23.5. The van der Waals surface area contributed by atoms with Gasteiger partial charge in [0.25, 0.3) is 0 Å². The predicted octanol–water partition coefficient (Wildman–Crippen LogP) is 2.39. The molecular weight excluding hydrogens is 232 g/mol. The Morgan fingerprint density at radius 3 is 2.44 bits per heavy atom. The molecule has 0 spiro atoms. The number of hydrogen-bond donors (Lipinski definition) is 1. The summed E-state index contributed by atoms with van der Waals surface area (Å²) in [6, 6.07) is 0. The average Bonchev–Trinajstić information content (AvgIpc) is 2.73. The quantitative estimate of drug-likeness (QED) is 0.618. The molecule has 4 nitrogen and oxygen atoms in total. The molecule has 0 saturated heterocycles. The van der Waals surface area contributed by atoms with E-state index in [1.54, 1.807) is 0 Å². The van der Waals surface area contributed by atoms with Gasteiger partial charge in [-0.3, -0.25) is 9.59 Å². The summed E-state index contributed by atoms with van der Waals surface area (Å²) in [5.74, 6) is -0.925. The van der Waals surface area contributed by atoms with Crippen molar-refractivity contribution in [1.29, 1.82) is 0 Å². The summed E-state index contributed by atoms with van der Waals surface area (Å²) in [7, 11) is 0. The molecule has 0 amide bonds. The maximum Gasteiger partial charge on any atom is 0.313 e. The molecule has 0 aromatic carbocycles. The van der Waals surface area contributed by atoms with E-state index in [1.165, 1.54) is 0 Å². The van der Waals surface area contributed by atoms with Gasteiger partial charge in [-0.15, -0.1) is 0 Å². The van der Waals surface area contributed by atoms with Crippen LogP contribution in [0.2, 0.25) is 0 Å². The molecule has 18 heavy (non-hydrogen) atoms. The van der Waals surface area contributed by atoms with Gasteiger partial charge in [-0.1, -0.05) is 12.2 Å². The first-order valence-electron chi connectivity index (χ1n) is 6.36. The lowest BCUT2D eigenvalue weighted by molar-refractivity contribution is -0.173. The van der Waals surface area contributed by atoms with E-state index >= 15 is 0 Å². The fraction of sp³-hybridized carbons (Fsp3) is 0.714. The molecule has 1 saturated carbocycles. The standard InChI is InChI=1S/C14H20O4/c1-13(2,3)18-12(17)14(8-11(15)16)7-9-4-5-10(14)6-9/h4-5,9-10H,6-8H2,1-3H3,(H,15,16). The molecule has 2 aliphatic rings. The summed E-state index contributed by atoms with van der Waals surface area (Å²) in [6.07, 6.45) is 5.44. The second-order valence-corrected chi connectivity index (χ2v) is 6.42. The molecule has 3 atom stereocenters. The van der Waals surface area contributed by atoms with Crippen LogP contribution in [0.1, 0.15) is 40.0 Å². The van der Waals surface area contributed by atoms with Gasteiger partial charge in [0.2, 0.25) is 0 Å². The number of carbonyl (C=O) groups excluding carboxylic acids is 1. The number of fused-ring (bicyclic) bond motifs is 2. The van der Waals surface area contributed by atoms with Crippen LogP contribution in [-0.4, -0.2) is 22.6 Å². The number of esters is 1. The highest BCUT2D eigenvalue weighted by Gasteiger charge is 2.56. The van der Waals surface area contributed by atoms with Crippen molar-refractivity contribution in [2.75, 3.05) is 0 Å². The van der Waals surface area contributed by atoms with Crippen molar-refractivity contribution in [2.24, 2.45) is 17.3 Å². The lowest BCUT2D eigenvalue weighted by Gasteiger charge is -2.34. The minimum atomic E-state index is -0.929. The van der Waals surface area contributed by atoms with Crippen molar-refractivity contribution in [3.05, 3.63) is 12.2 Å². The minimum absolute atomic E-state index is 0.0217. The highest BCUT2D eigenvalue weighted by atomic mass is 16.6. The summed E-state index contributed by atoms with van der Waals surface area (Å²) in [6.45, 7) is 5.42. The van der Waals surface area contributed by atoms with Crippen LogP contribution in [0, 0.1) is 17.3 Å². The van der Waals surface area contributed by atoms with Gasteiger partial charge in [-0.05, 0) is 45.4 Å². The van der Waals surface area contributed by atoms with Crippen LogP contribution in [0.15, 0.2) is 12.2 Å².